The molecule has 194 valence electrons. The Morgan fingerprint density at radius 2 is 2.08 bits per heavy atom. The van der Waals surface area contributed by atoms with Gasteiger partial charge < -0.3 is 15.0 Å². The van der Waals surface area contributed by atoms with E-state index < -0.39 is 0 Å². The molecule has 10 nitrogen and oxygen atoms in total. The maximum atomic E-state index is 13.4. The number of benzene rings is 1. The second-order valence-corrected chi connectivity index (χ2v) is 10.8. The molecule has 37 heavy (non-hydrogen) atoms. The number of fused-ring (bicyclic) bond motifs is 2. The first-order valence-electron chi connectivity index (χ1n) is 13.1. The number of nitrogens with one attached hydrogen (secondary N) is 2. The van der Waals surface area contributed by atoms with Crippen molar-refractivity contribution in [2.45, 2.75) is 70.6 Å². The van der Waals surface area contributed by atoms with Crippen LogP contribution in [-0.4, -0.2) is 62.2 Å². The summed E-state index contributed by atoms with van der Waals surface area (Å²) in [5, 5.41) is 9.59. The zero-order valence-corrected chi connectivity index (χ0v) is 21.5. The molecule has 2 aromatic heterocycles. The molecule has 0 saturated carbocycles. The number of rotatable bonds is 5. The van der Waals surface area contributed by atoms with Crippen molar-refractivity contribution in [3.63, 3.8) is 0 Å². The number of amides is 2. The lowest BCUT2D eigenvalue weighted by Crippen LogP contribution is -2.51. The van der Waals surface area contributed by atoms with Crippen molar-refractivity contribution < 1.29 is 14.3 Å². The van der Waals surface area contributed by atoms with E-state index in [0.717, 1.165) is 61.5 Å². The van der Waals surface area contributed by atoms with Crippen LogP contribution in [0, 0.1) is 0 Å². The van der Waals surface area contributed by atoms with E-state index >= 15 is 0 Å². The Morgan fingerprint density at radius 3 is 2.86 bits per heavy atom. The highest BCUT2D eigenvalue weighted by molar-refractivity contribution is 6.09. The van der Waals surface area contributed by atoms with Crippen LogP contribution in [0.3, 0.4) is 0 Å². The van der Waals surface area contributed by atoms with Gasteiger partial charge in [-0.3, -0.25) is 15.0 Å². The summed E-state index contributed by atoms with van der Waals surface area (Å²) in [7, 11) is 0. The van der Waals surface area contributed by atoms with Gasteiger partial charge in [0.05, 0.1) is 17.6 Å². The lowest BCUT2D eigenvalue weighted by atomic mass is 9.99. The predicted octanol–water partition coefficient (Wildman–Crippen LogP) is 3.18. The van der Waals surface area contributed by atoms with Crippen LogP contribution >= 0.6 is 0 Å². The molecular formula is C27H33N7O3. The number of hydrogen-bond donors (Lipinski definition) is 2. The second kappa shape index (κ2) is 9.02. The maximum absolute atomic E-state index is 13.4. The van der Waals surface area contributed by atoms with E-state index in [1.54, 1.807) is 29.2 Å². The first-order chi connectivity index (χ1) is 17.8. The predicted molar refractivity (Wildman–Crippen MR) is 140 cm³/mol. The molecule has 1 aromatic carbocycles. The molecule has 6 rings (SSSR count). The molecule has 2 saturated heterocycles. The number of nitrogens with zero attached hydrogens (tertiary/aromatic N) is 5. The molecule has 0 unspecified atom stereocenters. The van der Waals surface area contributed by atoms with Crippen molar-refractivity contribution in [2.24, 2.45) is 0 Å². The first kappa shape index (κ1) is 23.7. The van der Waals surface area contributed by atoms with E-state index in [9.17, 15) is 9.59 Å². The van der Waals surface area contributed by atoms with Crippen LogP contribution in [-0.2, 0) is 11.2 Å². The van der Waals surface area contributed by atoms with Crippen LogP contribution in [0.5, 0.6) is 5.75 Å². The average Bonchev–Trinajstić information content (AvgIpc) is 3.56. The summed E-state index contributed by atoms with van der Waals surface area (Å²) in [6.07, 6.45) is 9.13. The molecule has 2 fully saturated rings. The number of carbonyl (C=O) groups excluding carboxylic acids is 2. The lowest BCUT2D eigenvalue weighted by molar-refractivity contribution is -0.121. The Hall–Kier alpha value is -3.66. The minimum absolute atomic E-state index is 0.111. The zero-order valence-electron chi connectivity index (χ0n) is 21.5. The van der Waals surface area contributed by atoms with Crippen molar-refractivity contribution in [1.29, 1.82) is 0 Å². The van der Waals surface area contributed by atoms with Gasteiger partial charge in [0.2, 0.25) is 5.91 Å². The third-order valence-corrected chi connectivity index (χ3v) is 7.69. The third kappa shape index (κ3) is 4.39. The van der Waals surface area contributed by atoms with Gasteiger partial charge in [0.15, 0.2) is 5.65 Å². The van der Waals surface area contributed by atoms with Crippen LogP contribution in [0.1, 0.15) is 62.4 Å². The van der Waals surface area contributed by atoms with Gasteiger partial charge >= 0.3 is 0 Å². The largest absolute Gasteiger partial charge is 0.487 e. The van der Waals surface area contributed by atoms with E-state index in [1.807, 2.05) is 0 Å². The Bertz CT molecular complexity index is 1360. The number of piperidine rings is 1. The Kier molecular flexibility index (Phi) is 5.78. The van der Waals surface area contributed by atoms with Crippen LogP contribution in [0.2, 0.25) is 0 Å². The van der Waals surface area contributed by atoms with Crippen molar-refractivity contribution in [3.05, 3.63) is 47.9 Å². The lowest BCUT2D eigenvalue weighted by Gasteiger charge is -2.40. The Morgan fingerprint density at radius 1 is 1.27 bits per heavy atom. The number of hydrazine groups is 1. The quantitative estimate of drug-likeness (QED) is 0.551. The standard InChI is InChI=1S/C27H33N7O3/c1-4-18-13-24(35)31-34(18)19-6-10-32(11-7-19)22-14-23-17(15-27(2,3)37-23)12-21(22)30-26(36)20-16-29-33-9-5-8-28-25(20)33/h5,8-9,12,14,16,18-19H,4,6-7,10-11,13,15H2,1-3H3,(H,30,36)(H,31,35)/t18-/m0/s1. The summed E-state index contributed by atoms with van der Waals surface area (Å²) in [6.45, 7) is 7.92. The number of hydrogen-bond acceptors (Lipinski definition) is 7. The first-order valence-corrected chi connectivity index (χ1v) is 13.1. The van der Waals surface area contributed by atoms with Crippen LogP contribution in [0.25, 0.3) is 5.65 Å². The molecule has 2 amide bonds. The molecule has 0 aliphatic carbocycles. The van der Waals surface area contributed by atoms with Gasteiger partial charge in [-0.25, -0.2) is 14.5 Å². The van der Waals surface area contributed by atoms with Gasteiger partial charge in [-0.1, -0.05) is 6.92 Å². The fourth-order valence-electron chi connectivity index (χ4n) is 5.89. The van der Waals surface area contributed by atoms with Crippen LogP contribution in [0.4, 0.5) is 11.4 Å². The van der Waals surface area contributed by atoms with Gasteiger partial charge in [0, 0.05) is 62.0 Å². The molecule has 0 spiro atoms. The molecule has 5 heterocycles. The summed E-state index contributed by atoms with van der Waals surface area (Å²) < 4.78 is 7.84. The van der Waals surface area contributed by atoms with Crippen LogP contribution < -0.4 is 20.4 Å². The third-order valence-electron chi connectivity index (χ3n) is 7.69. The molecule has 10 heteroatoms. The average molecular weight is 504 g/mol. The van der Waals surface area contributed by atoms with E-state index in [4.69, 9.17) is 4.74 Å². The zero-order chi connectivity index (χ0) is 25.7. The molecule has 3 aromatic rings. The van der Waals surface area contributed by atoms with Gasteiger partial charge in [-0.2, -0.15) is 5.10 Å². The molecule has 0 bridgehead atoms. The highest BCUT2D eigenvalue weighted by Crippen LogP contribution is 2.42. The summed E-state index contributed by atoms with van der Waals surface area (Å²) in [6, 6.07) is 6.47. The molecule has 0 radical (unpaired) electrons. The van der Waals surface area contributed by atoms with E-state index in [1.165, 1.54) is 0 Å². The van der Waals surface area contributed by atoms with Crippen molar-refractivity contribution in [3.8, 4) is 5.75 Å². The van der Waals surface area contributed by atoms with Gasteiger partial charge in [0.25, 0.3) is 5.91 Å². The van der Waals surface area contributed by atoms with E-state index in [0.29, 0.717) is 23.7 Å². The second-order valence-electron chi connectivity index (χ2n) is 10.8. The Balaban J connectivity index is 1.26. The van der Waals surface area contributed by atoms with Crippen molar-refractivity contribution in [2.75, 3.05) is 23.3 Å². The van der Waals surface area contributed by atoms with Gasteiger partial charge in [0.1, 0.15) is 16.9 Å². The van der Waals surface area contributed by atoms with Gasteiger partial charge in [-0.05, 0) is 45.2 Å². The molecule has 3 aliphatic rings. The minimum Gasteiger partial charge on any atom is -0.487 e. The fourth-order valence-corrected chi connectivity index (χ4v) is 5.89. The smallest absolute Gasteiger partial charge is 0.261 e. The Labute approximate surface area is 215 Å². The summed E-state index contributed by atoms with van der Waals surface area (Å²) in [4.78, 5) is 32.0. The maximum Gasteiger partial charge on any atom is 0.261 e. The highest BCUT2D eigenvalue weighted by Gasteiger charge is 2.37. The monoisotopic (exact) mass is 503 g/mol. The SMILES string of the molecule is CC[C@H]1CC(=O)NN1C1CCN(c2cc3c(cc2NC(=O)c2cnn4cccnc24)CC(C)(C)O3)CC1. The van der Waals surface area contributed by atoms with E-state index in [-0.39, 0.29) is 23.5 Å². The molecule has 2 N–H and O–H groups in total. The molecular weight excluding hydrogens is 470 g/mol. The van der Waals surface area contributed by atoms with E-state index in [2.05, 4.69) is 63.6 Å². The fraction of sp³-hybridized carbons (Fsp3) is 0.481. The van der Waals surface area contributed by atoms with Crippen LogP contribution in [0.15, 0.2) is 36.8 Å². The molecule has 1 atom stereocenters. The van der Waals surface area contributed by atoms with Crippen molar-refractivity contribution in [1.82, 2.24) is 25.0 Å². The number of ether oxygens (including phenoxy) is 1. The summed E-state index contributed by atoms with van der Waals surface area (Å²) in [5.41, 5.74) is 6.53. The minimum atomic E-state index is -0.287. The number of carbonyl (C=O) groups is 2. The summed E-state index contributed by atoms with van der Waals surface area (Å²) >= 11 is 0. The normalized spacial score (nSPS) is 21.6. The molecule has 3 aliphatic heterocycles. The topological polar surface area (TPSA) is 104 Å². The number of aromatic nitrogens is 3. The number of anilines is 2. The van der Waals surface area contributed by atoms with Gasteiger partial charge in [-0.15, -0.1) is 0 Å². The highest BCUT2D eigenvalue weighted by atomic mass is 16.5. The summed E-state index contributed by atoms with van der Waals surface area (Å²) in [5.74, 6) is 0.740. The van der Waals surface area contributed by atoms with Crippen molar-refractivity contribution >= 4 is 28.8 Å².